The van der Waals surface area contributed by atoms with E-state index in [0.29, 0.717) is 0 Å². The van der Waals surface area contributed by atoms with Crippen molar-refractivity contribution in [1.29, 1.82) is 0 Å². The van der Waals surface area contributed by atoms with Gasteiger partial charge in [-0.05, 0) is 125 Å². The Kier molecular flexibility index (Phi) is 10.6. The van der Waals surface area contributed by atoms with E-state index in [4.69, 9.17) is 0 Å². The fourth-order valence-electron chi connectivity index (χ4n) is 10.3. The van der Waals surface area contributed by atoms with E-state index in [2.05, 4.69) is 258 Å². The molecular weight excluding hydrogens is 801 g/mol. The topological polar surface area (TPSA) is 25.1 Å². The zero-order valence-electron chi connectivity index (χ0n) is 37.9. The van der Waals surface area contributed by atoms with Crippen LogP contribution in [0.3, 0.4) is 0 Å². The minimum atomic E-state index is 0.0403. The lowest BCUT2D eigenvalue weighted by atomic mass is 9.92. The largest absolute Gasteiger partial charge is 0.380 e. The van der Waals surface area contributed by atoms with Gasteiger partial charge in [-0.2, -0.15) is 0 Å². The third-order valence-corrected chi connectivity index (χ3v) is 13.4. The molecule has 0 amide bonds. The average molecular weight is 853 g/mol. The number of hydrogen-bond donors (Lipinski definition) is 1. The van der Waals surface area contributed by atoms with Crippen LogP contribution >= 0.6 is 0 Å². The number of nitrogens with zero attached hydrogens (tertiary/aromatic N) is 3. The van der Waals surface area contributed by atoms with Gasteiger partial charge in [0.15, 0.2) is 0 Å². The molecule has 320 valence electrons. The molecule has 0 bridgehead atoms. The van der Waals surface area contributed by atoms with Crippen molar-refractivity contribution in [2.75, 3.05) is 4.90 Å². The quantitative estimate of drug-likeness (QED) is 0.165. The number of hydrogen-bond acceptors (Lipinski definition) is 2. The highest BCUT2D eigenvalue weighted by Gasteiger charge is 2.27. The molecule has 4 heteroatoms. The Bertz CT molecular complexity index is 3390. The lowest BCUT2D eigenvalue weighted by Gasteiger charge is -2.37. The maximum Gasteiger partial charge on any atom is 0.0742 e. The fraction of sp³-hybridized carbons (Fsp3) is 0.0968. The third-order valence-electron chi connectivity index (χ3n) is 13.4. The van der Waals surface area contributed by atoms with Crippen molar-refractivity contribution in [2.45, 2.75) is 39.8 Å². The molecule has 1 aliphatic rings. The number of nitrogens with one attached hydrogen (secondary N) is 1. The molecule has 9 aromatic carbocycles. The molecule has 66 heavy (non-hydrogen) atoms. The summed E-state index contributed by atoms with van der Waals surface area (Å²) in [6.07, 6.45) is 4.36. The van der Waals surface area contributed by atoms with Gasteiger partial charge >= 0.3 is 0 Å². The fourth-order valence-corrected chi connectivity index (χ4v) is 10.3. The summed E-state index contributed by atoms with van der Waals surface area (Å²) in [6.45, 7) is 8.60. The SMILES string of the molecule is CC.CC1=C(N(c2ccccc2)C(C)c2ccc(-c3cc(-n4c5ccccc5c5ccccc54)cc(-n4c5ccccc5c5ccccc54)c3)cc2)C=CNC1c1ccc2ccccc2c1. The second kappa shape index (κ2) is 17.1. The Morgan fingerprint density at radius 1 is 0.470 bits per heavy atom. The van der Waals surface area contributed by atoms with Gasteiger partial charge in [0.25, 0.3) is 0 Å². The Balaban J connectivity index is 0.00000238. The van der Waals surface area contributed by atoms with Crippen LogP contribution in [0.2, 0.25) is 0 Å². The molecule has 3 heterocycles. The van der Waals surface area contributed by atoms with E-state index >= 15 is 0 Å². The molecule has 1 aliphatic heterocycles. The van der Waals surface area contributed by atoms with Crippen molar-refractivity contribution in [1.82, 2.24) is 14.5 Å². The molecule has 11 aromatic rings. The van der Waals surface area contributed by atoms with E-state index in [0.717, 1.165) is 22.6 Å². The zero-order chi connectivity index (χ0) is 44.7. The molecule has 0 fully saturated rings. The van der Waals surface area contributed by atoms with Gasteiger partial charge in [-0.25, -0.2) is 0 Å². The van der Waals surface area contributed by atoms with Crippen molar-refractivity contribution >= 4 is 60.1 Å². The van der Waals surface area contributed by atoms with Gasteiger partial charge in [0, 0.05) is 44.3 Å². The highest BCUT2D eigenvalue weighted by Crippen LogP contribution is 2.41. The average Bonchev–Trinajstić information content (AvgIpc) is 3.91. The summed E-state index contributed by atoms with van der Waals surface area (Å²) in [6, 6.07) is 77.8. The predicted octanol–water partition coefficient (Wildman–Crippen LogP) is 16.4. The van der Waals surface area contributed by atoms with Gasteiger partial charge in [-0.15, -0.1) is 0 Å². The van der Waals surface area contributed by atoms with E-state index in [-0.39, 0.29) is 12.1 Å². The molecule has 1 N–H and O–H groups in total. The summed E-state index contributed by atoms with van der Waals surface area (Å²) in [5.74, 6) is 0. The van der Waals surface area contributed by atoms with Crippen LogP contribution in [0, 0.1) is 0 Å². The first-order valence-electron chi connectivity index (χ1n) is 23.3. The molecule has 0 radical (unpaired) electrons. The normalized spacial score (nSPS) is 14.2. The number of aromatic nitrogens is 2. The van der Waals surface area contributed by atoms with Gasteiger partial charge < -0.3 is 19.4 Å². The van der Waals surface area contributed by atoms with Crippen LogP contribution in [0.25, 0.3) is 76.9 Å². The lowest BCUT2D eigenvalue weighted by molar-refractivity contribution is 0.665. The summed E-state index contributed by atoms with van der Waals surface area (Å²) in [4.78, 5) is 2.50. The zero-order valence-corrected chi connectivity index (χ0v) is 37.9. The Morgan fingerprint density at radius 3 is 1.50 bits per heavy atom. The third kappa shape index (κ3) is 6.94. The Hall–Kier alpha value is -8.08. The standard InChI is InChI=1S/C60H46N4.C2H6/c1-40-55(34-35-61-60(40)46-33-32-43-16-6-7-17-45(43)36-46)62(48-18-4-3-5-19-48)41(2)42-28-30-44(31-29-42)47-37-49(63-56-24-12-8-20-51(56)52-21-9-13-25-57(52)63)39-50(38-47)64-58-26-14-10-22-53(58)54-23-11-15-27-59(54)64;1-2/h3-39,41,60-61H,1-2H3;1-2H3. The number of rotatable bonds is 8. The minimum absolute atomic E-state index is 0.0403. The second-order valence-corrected chi connectivity index (χ2v) is 17.1. The summed E-state index contributed by atoms with van der Waals surface area (Å²) >= 11 is 0. The first-order chi connectivity index (χ1) is 32.6. The monoisotopic (exact) mass is 852 g/mol. The van der Waals surface area contributed by atoms with Gasteiger partial charge in [0.2, 0.25) is 0 Å². The van der Waals surface area contributed by atoms with Gasteiger partial charge in [-0.1, -0.05) is 166 Å². The van der Waals surface area contributed by atoms with E-state index in [9.17, 15) is 0 Å². The predicted molar refractivity (Wildman–Crippen MR) is 281 cm³/mol. The van der Waals surface area contributed by atoms with Crippen LogP contribution < -0.4 is 10.2 Å². The van der Waals surface area contributed by atoms with Gasteiger partial charge in [0.05, 0.1) is 34.2 Å². The molecular formula is C62H52N4. The van der Waals surface area contributed by atoms with Crippen molar-refractivity contribution in [3.05, 3.63) is 247 Å². The summed E-state index contributed by atoms with van der Waals surface area (Å²) in [5.41, 5.74) is 15.5. The molecule has 12 rings (SSSR count). The molecule has 2 aromatic heterocycles. The number of anilines is 1. The van der Waals surface area contributed by atoms with Crippen molar-refractivity contribution in [2.24, 2.45) is 0 Å². The summed E-state index contributed by atoms with van der Waals surface area (Å²) in [5, 5.41) is 11.2. The van der Waals surface area contributed by atoms with Crippen LogP contribution in [0.4, 0.5) is 5.69 Å². The van der Waals surface area contributed by atoms with Crippen molar-refractivity contribution in [3.8, 4) is 22.5 Å². The molecule has 2 atom stereocenters. The highest BCUT2D eigenvalue weighted by molar-refractivity contribution is 6.10. The van der Waals surface area contributed by atoms with Crippen LogP contribution in [0.1, 0.15) is 50.9 Å². The number of allylic oxidation sites excluding steroid dienone is 1. The van der Waals surface area contributed by atoms with E-state index in [1.807, 2.05) is 13.8 Å². The number of fused-ring (bicyclic) bond motifs is 7. The van der Waals surface area contributed by atoms with Crippen LogP contribution in [0.15, 0.2) is 236 Å². The van der Waals surface area contributed by atoms with Crippen LogP contribution in [-0.4, -0.2) is 9.13 Å². The second-order valence-electron chi connectivity index (χ2n) is 17.1. The Morgan fingerprint density at radius 2 is 0.955 bits per heavy atom. The first-order valence-corrected chi connectivity index (χ1v) is 23.3. The van der Waals surface area contributed by atoms with E-state index in [1.54, 1.807) is 0 Å². The lowest BCUT2D eigenvalue weighted by Crippen LogP contribution is -2.31. The molecule has 4 nitrogen and oxygen atoms in total. The summed E-state index contributed by atoms with van der Waals surface area (Å²) in [7, 11) is 0. The van der Waals surface area contributed by atoms with Crippen LogP contribution in [0.5, 0.6) is 0 Å². The molecule has 0 aliphatic carbocycles. The summed E-state index contributed by atoms with van der Waals surface area (Å²) < 4.78 is 4.88. The maximum atomic E-state index is 3.69. The maximum absolute atomic E-state index is 3.69. The number of dihydropyridines is 1. The van der Waals surface area contributed by atoms with Gasteiger partial charge in [-0.3, -0.25) is 0 Å². The number of benzene rings is 9. The number of para-hydroxylation sites is 5. The molecule has 0 spiro atoms. The molecule has 0 saturated heterocycles. The minimum Gasteiger partial charge on any atom is -0.380 e. The molecule has 0 saturated carbocycles. The van der Waals surface area contributed by atoms with Crippen LogP contribution in [-0.2, 0) is 0 Å². The van der Waals surface area contributed by atoms with Crippen molar-refractivity contribution in [3.63, 3.8) is 0 Å². The highest BCUT2D eigenvalue weighted by atomic mass is 15.2. The first kappa shape index (κ1) is 40.7. The van der Waals surface area contributed by atoms with Crippen molar-refractivity contribution < 1.29 is 0 Å². The van der Waals surface area contributed by atoms with Gasteiger partial charge in [0.1, 0.15) is 0 Å². The Labute approximate surface area is 387 Å². The molecule has 2 unspecified atom stereocenters. The van der Waals surface area contributed by atoms with E-state index < -0.39 is 0 Å². The van der Waals surface area contributed by atoms with E-state index in [1.165, 1.54) is 82.3 Å². The smallest absolute Gasteiger partial charge is 0.0742 e.